The minimum atomic E-state index is -0.0653. The molecule has 136 valence electrons. The fourth-order valence-electron chi connectivity index (χ4n) is 3.05. The number of allylic oxidation sites excluding steroid dienone is 1. The van der Waals surface area contributed by atoms with Crippen molar-refractivity contribution >= 4 is 17.4 Å². The zero-order valence-corrected chi connectivity index (χ0v) is 15.2. The normalized spacial score (nSPS) is 19.5. The number of anilines is 2. The molecule has 2 aliphatic rings. The van der Waals surface area contributed by atoms with Crippen LogP contribution in [0.5, 0.6) is 0 Å². The number of carbonyl (C=O) groups excluding carboxylic acids is 1. The van der Waals surface area contributed by atoms with Crippen LogP contribution in [-0.2, 0) is 9.53 Å². The van der Waals surface area contributed by atoms with Crippen molar-refractivity contribution in [2.75, 3.05) is 63.7 Å². The second-order valence-electron chi connectivity index (χ2n) is 6.64. The summed E-state index contributed by atoms with van der Waals surface area (Å²) in [5.41, 5.74) is 1.65. The van der Waals surface area contributed by atoms with Crippen LogP contribution in [0.3, 0.4) is 0 Å². The van der Waals surface area contributed by atoms with E-state index in [-0.39, 0.29) is 5.91 Å². The van der Waals surface area contributed by atoms with Gasteiger partial charge in [-0.05, 0) is 19.1 Å². The summed E-state index contributed by atoms with van der Waals surface area (Å²) in [6.07, 6.45) is 3.64. The van der Waals surface area contributed by atoms with Gasteiger partial charge in [0.1, 0.15) is 11.5 Å². The van der Waals surface area contributed by atoms with Crippen molar-refractivity contribution in [3.05, 3.63) is 30.1 Å². The molecule has 3 rings (SSSR count). The number of amides is 1. The standard InChI is InChI=1S/C18H27N5O2/c1-4-16(18(24)21(2)3)20-17-6-5-14(11-19-17)22-7-9-23(10-8-22)15-12-25-13-15/h4-6,11,15H,7-10,12-13H2,1-3H3,(H,19,20)/b16-4+. The van der Waals surface area contributed by atoms with Crippen molar-refractivity contribution < 1.29 is 9.53 Å². The zero-order valence-electron chi connectivity index (χ0n) is 15.2. The van der Waals surface area contributed by atoms with Crippen LogP contribution < -0.4 is 10.2 Å². The van der Waals surface area contributed by atoms with Crippen molar-refractivity contribution in [2.45, 2.75) is 13.0 Å². The van der Waals surface area contributed by atoms with Gasteiger partial charge in [-0.1, -0.05) is 6.08 Å². The van der Waals surface area contributed by atoms with Crippen LogP contribution in [0, 0.1) is 0 Å². The van der Waals surface area contributed by atoms with E-state index in [0.29, 0.717) is 17.6 Å². The summed E-state index contributed by atoms with van der Waals surface area (Å²) in [6, 6.07) is 4.60. The predicted octanol–water partition coefficient (Wildman–Crippen LogP) is 1.01. The number of pyridine rings is 1. The van der Waals surface area contributed by atoms with Crippen LogP contribution >= 0.6 is 0 Å². The number of hydrogen-bond acceptors (Lipinski definition) is 6. The molecule has 0 radical (unpaired) electrons. The number of carbonyl (C=O) groups is 1. The van der Waals surface area contributed by atoms with Crippen molar-refractivity contribution in [2.24, 2.45) is 0 Å². The Hall–Kier alpha value is -2.12. The average molecular weight is 345 g/mol. The quantitative estimate of drug-likeness (QED) is 0.804. The molecule has 3 heterocycles. The number of aromatic nitrogens is 1. The number of ether oxygens (including phenoxy) is 1. The molecule has 0 aliphatic carbocycles. The van der Waals surface area contributed by atoms with Crippen LogP contribution in [0.1, 0.15) is 6.92 Å². The van der Waals surface area contributed by atoms with E-state index in [0.717, 1.165) is 45.1 Å². The van der Waals surface area contributed by atoms with Crippen LogP contribution in [0.15, 0.2) is 30.1 Å². The SMILES string of the molecule is C/C=C(/Nc1ccc(N2CCN(C3COC3)CC2)cn1)C(=O)N(C)C. The summed E-state index contributed by atoms with van der Waals surface area (Å²) in [6.45, 7) is 7.73. The minimum Gasteiger partial charge on any atom is -0.378 e. The lowest BCUT2D eigenvalue weighted by Crippen LogP contribution is -2.56. The van der Waals surface area contributed by atoms with E-state index >= 15 is 0 Å². The third-order valence-electron chi connectivity index (χ3n) is 4.75. The molecule has 2 saturated heterocycles. The Bertz CT molecular complexity index is 617. The molecule has 0 aromatic carbocycles. The van der Waals surface area contributed by atoms with E-state index < -0.39 is 0 Å². The van der Waals surface area contributed by atoms with Crippen molar-refractivity contribution in [1.29, 1.82) is 0 Å². The van der Waals surface area contributed by atoms with E-state index in [2.05, 4.69) is 26.2 Å². The number of hydrogen-bond donors (Lipinski definition) is 1. The molecule has 2 aliphatic heterocycles. The Morgan fingerprint density at radius 2 is 2.00 bits per heavy atom. The Kier molecular flexibility index (Phi) is 5.55. The molecule has 7 nitrogen and oxygen atoms in total. The Morgan fingerprint density at radius 3 is 2.48 bits per heavy atom. The first-order chi connectivity index (χ1) is 12.1. The first-order valence-electron chi connectivity index (χ1n) is 8.76. The smallest absolute Gasteiger partial charge is 0.269 e. The van der Waals surface area contributed by atoms with Gasteiger partial charge in [0.2, 0.25) is 0 Å². The third-order valence-corrected chi connectivity index (χ3v) is 4.75. The van der Waals surface area contributed by atoms with Gasteiger partial charge >= 0.3 is 0 Å². The molecule has 7 heteroatoms. The lowest BCUT2D eigenvalue weighted by molar-refractivity contribution is -0.124. The van der Waals surface area contributed by atoms with Gasteiger partial charge in [0.05, 0.1) is 31.1 Å². The number of nitrogens with one attached hydrogen (secondary N) is 1. The maximum absolute atomic E-state index is 12.1. The Labute approximate surface area is 149 Å². The summed E-state index contributed by atoms with van der Waals surface area (Å²) in [7, 11) is 3.47. The van der Waals surface area contributed by atoms with Gasteiger partial charge in [0.25, 0.3) is 5.91 Å². The van der Waals surface area contributed by atoms with Gasteiger partial charge in [-0.15, -0.1) is 0 Å². The highest BCUT2D eigenvalue weighted by Gasteiger charge is 2.28. The molecule has 1 N–H and O–H groups in total. The monoisotopic (exact) mass is 345 g/mol. The van der Waals surface area contributed by atoms with E-state index in [1.54, 1.807) is 25.1 Å². The summed E-state index contributed by atoms with van der Waals surface area (Å²) >= 11 is 0. The van der Waals surface area contributed by atoms with Crippen molar-refractivity contribution in [3.63, 3.8) is 0 Å². The first kappa shape index (κ1) is 17.7. The molecule has 25 heavy (non-hydrogen) atoms. The minimum absolute atomic E-state index is 0.0653. The van der Waals surface area contributed by atoms with Gasteiger partial charge in [-0.3, -0.25) is 9.69 Å². The number of nitrogens with zero attached hydrogens (tertiary/aromatic N) is 4. The maximum atomic E-state index is 12.1. The fourth-order valence-corrected chi connectivity index (χ4v) is 3.05. The van der Waals surface area contributed by atoms with Gasteiger partial charge in [-0.25, -0.2) is 4.98 Å². The summed E-state index contributed by atoms with van der Waals surface area (Å²) < 4.78 is 5.28. The Balaban J connectivity index is 1.56. The molecule has 0 atom stereocenters. The lowest BCUT2D eigenvalue weighted by Gasteiger charge is -2.43. The largest absolute Gasteiger partial charge is 0.378 e. The van der Waals surface area contributed by atoms with Crippen molar-refractivity contribution in [1.82, 2.24) is 14.8 Å². The molecule has 1 aromatic heterocycles. The summed E-state index contributed by atoms with van der Waals surface area (Å²) in [5.74, 6) is 0.613. The molecular weight excluding hydrogens is 318 g/mol. The molecule has 2 fully saturated rings. The zero-order chi connectivity index (χ0) is 17.8. The van der Waals surface area contributed by atoms with E-state index in [1.165, 1.54) is 0 Å². The fraction of sp³-hybridized carbons (Fsp3) is 0.556. The summed E-state index contributed by atoms with van der Waals surface area (Å²) in [5, 5.41) is 3.10. The highest BCUT2D eigenvalue weighted by Crippen LogP contribution is 2.20. The molecule has 0 unspecified atom stereocenters. The van der Waals surface area contributed by atoms with Crippen LogP contribution in [0.25, 0.3) is 0 Å². The predicted molar refractivity (Wildman–Crippen MR) is 98.7 cm³/mol. The molecule has 1 aromatic rings. The van der Waals surface area contributed by atoms with Crippen LogP contribution in [-0.4, -0.2) is 80.2 Å². The van der Waals surface area contributed by atoms with E-state index in [4.69, 9.17) is 4.74 Å². The van der Waals surface area contributed by atoms with Crippen LogP contribution in [0.4, 0.5) is 11.5 Å². The number of rotatable bonds is 5. The molecule has 1 amide bonds. The van der Waals surface area contributed by atoms with Gasteiger partial charge in [-0.2, -0.15) is 0 Å². The maximum Gasteiger partial charge on any atom is 0.269 e. The van der Waals surface area contributed by atoms with E-state index in [9.17, 15) is 4.79 Å². The Morgan fingerprint density at radius 1 is 1.28 bits per heavy atom. The highest BCUT2D eigenvalue weighted by atomic mass is 16.5. The van der Waals surface area contributed by atoms with Crippen LogP contribution in [0.2, 0.25) is 0 Å². The van der Waals surface area contributed by atoms with Crippen molar-refractivity contribution in [3.8, 4) is 0 Å². The lowest BCUT2D eigenvalue weighted by atomic mass is 10.2. The third kappa shape index (κ3) is 4.11. The average Bonchev–Trinajstić information content (AvgIpc) is 2.59. The molecule has 0 spiro atoms. The second-order valence-corrected chi connectivity index (χ2v) is 6.64. The molecule has 0 saturated carbocycles. The first-order valence-corrected chi connectivity index (χ1v) is 8.76. The molecule has 0 bridgehead atoms. The van der Waals surface area contributed by atoms with Gasteiger partial charge in [0, 0.05) is 40.3 Å². The highest BCUT2D eigenvalue weighted by molar-refractivity contribution is 5.95. The molecular formula is C18H27N5O2. The second kappa shape index (κ2) is 7.84. The van der Waals surface area contributed by atoms with Gasteiger partial charge < -0.3 is 19.9 Å². The number of piperazine rings is 1. The topological polar surface area (TPSA) is 60.9 Å². The summed E-state index contributed by atoms with van der Waals surface area (Å²) in [4.78, 5) is 22.9. The van der Waals surface area contributed by atoms with Gasteiger partial charge in [0.15, 0.2) is 0 Å². The van der Waals surface area contributed by atoms with E-state index in [1.807, 2.05) is 19.2 Å². The number of likely N-dealkylation sites (N-methyl/N-ethyl adjacent to an activating group) is 1.